The molecule has 134 valence electrons. The molecule has 0 saturated heterocycles. The SMILES string of the molecule is O=C(NNC(=O)c1c[nH]c2ccccc12)c1ccc(-n2cc(Br)cn2)cc1. The number of hydrogen-bond acceptors (Lipinski definition) is 3. The lowest BCUT2D eigenvalue weighted by Crippen LogP contribution is -2.41. The smallest absolute Gasteiger partial charge is 0.271 e. The largest absolute Gasteiger partial charge is 0.360 e. The molecule has 27 heavy (non-hydrogen) atoms. The van der Waals surface area contributed by atoms with E-state index in [2.05, 4.69) is 36.9 Å². The number of nitrogens with zero attached hydrogens (tertiary/aromatic N) is 2. The first kappa shape index (κ1) is 17.0. The molecule has 0 aliphatic heterocycles. The third-order valence-electron chi connectivity index (χ3n) is 4.07. The van der Waals surface area contributed by atoms with Crippen molar-refractivity contribution in [3.05, 3.63) is 82.7 Å². The molecule has 2 heterocycles. The molecule has 0 fully saturated rings. The predicted octanol–water partition coefficient (Wildman–Crippen LogP) is 3.19. The van der Waals surface area contributed by atoms with Crippen LogP contribution in [-0.2, 0) is 0 Å². The van der Waals surface area contributed by atoms with E-state index in [0.717, 1.165) is 21.1 Å². The Morgan fingerprint density at radius 2 is 1.74 bits per heavy atom. The number of carbonyl (C=O) groups is 2. The summed E-state index contributed by atoms with van der Waals surface area (Å²) in [5.74, 6) is -0.796. The summed E-state index contributed by atoms with van der Waals surface area (Å²) in [6.45, 7) is 0. The van der Waals surface area contributed by atoms with Gasteiger partial charge in [-0.1, -0.05) is 18.2 Å². The van der Waals surface area contributed by atoms with Crippen LogP contribution in [0.3, 0.4) is 0 Å². The monoisotopic (exact) mass is 423 g/mol. The summed E-state index contributed by atoms with van der Waals surface area (Å²) in [5, 5.41) is 4.97. The van der Waals surface area contributed by atoms with Gasteiger partial charge in [-0.2, -0.15) is 5.10 Å². The molecule has 0 aliphatic rings. The minimum Gasteiger partial charge on any atom is -0.360 e. The van der Waals surface area contributed by atoms with Crippen LogP contribution >= 0.6 is 15.9 Å². The van der Waals surface area contributed by atoms with Crippen LogP contribution in [0, 0.1) is 0 Å². The van der Waals surface area contributed by atoms with Crippen molar-refractivity contribution in [3.63, 3.8) is 0 Å². The number of halogens is 1. The van der Waals surface area contributed by atoms with Crippen molar-refractivity contribution in [2.45, 2.75) is 0 Å². The summed E-state index contributed by atoms with van der Waals surface area (Å²) in [5.41, 5.74) is 7.44. The third kappa shape index (κ3) is 3.47. The first-order chi connectivity index (χ1) is 13.1. The number of H-pyrrole nitrogens is 1. The van der Waals surface area contributed by atoms with E-state index in [-0.39, 0.29) is 5.91 Å². The molecular formula is C19H14BrN5O2. The highest BCUT2D eigenvalue weighted by Crippen LogP contribution is 2.17. The molecular weight excluding hydrogens is 410 g/mol. The van der Waals surface area contributed by atoms with Gasteiger partial charge in [0.1, 0.15) is 0 Å². The lowest BCUT2D eigenvalue weighted by atomic mass is 10.2. The molecule has 4 rings (SSSR count). The average molecular weight is 424 g/mol. The molecule has 4 aromatic rings. The Morgan fingerprint density at radius 1 is 1.00 bits per heavy atom. The van der Waals surface area contributed by atoms with E-state index in [1.807, 2.05) is 30.5 Å². The van der Waals surface area contributed by atoms with Crippen LogP contribution in [0.4, 0.5) is 0 Å². The van der Waals surface area contributed by atoms with E-state index >= 15 is 0 Å². The topological polar surface area (TPSA) is 91.8 Å². The fraction of sp³-hybridized carbons (Fsp3) is 0. The average Bonchev–Trinajstić information content (AvgIpc) is 3.32. The van der Waals surface area contributed by atoms with Gasteiger partial charge in [-0.3, -0.25) is 20.4 Å². The quantitative estimate of drug-likeness (QED) is 0.441. The molecule has 2 aromatic carbocycles. The second kappa shape index (κ2) is 7.08. The number of hydrogen-bond donors (Lipinski definition) is 3. The van der Waals surface area contributed by atoms with Gasteiger partial charge in [0.25, 0.3) is 11.8 Å². The standard InChI is InChI=1S/C19H14BrN5O2/c20-13-9-22-25(11-13)14-7-5-12(6-8-14)18(26)23-24-19(27)16-10-21-17-4-2-1-3-15(16)17/h1-11,21H,(H,23,26)(H,24,27). The van der Waals surface area contributed by atoms with Gasteiger partial charge in [-0.15, -0.1) is 0 Å². The third-order valence-corrected chi connectivity index (χ3v) is 4.48. The highest BCUT2D eigenvalue weighted by atomic mass is 79.9. The first-order valence-corrected chi connectivity index (χ1v) is 8.88. The van der Waals surface area contributed by atoms with Crippen LogP contribution < -0.4 is 10.9 Å². The molecule has 0 saturated carbocycles. The first-order valence-electron chi connectivity index (χ1n) is 8.09. The molecule has 0 aliphatic carbocycles. The number of fused-ring (bicyclic) bond motifs is 1. The van der Waals surface area contributed by atoms with Crippen LogP contribution in [0.15, 0.2) is 71.6 Å². The van der Waals surface area contributed by atoms with Gasteiger partial charge in [-0.25, -0.2) is 4.68 Å². The maximum Gasteiger partial charge on any atom is 0.271 e. The molecule has 7 nitrogen and oxygen atoms in total. The zero-order valence-corrected chi connectivity index (χ0v) is 15.5. The normalized spacial score (nSPS) is 10.7. The fourth-order valence-electron chi connectivity index (χ4n) is 2.72. The number of aromatic amines is 1. The van der Waals surface area contributed by atoms with E-state index in [0.29, 0.717) is 11.1 Å². The number of carbonyl (C=O) groups excluding carboxylic acids is 2. The van der Waals surface area contributed by atoms with Gasteiger partial charge in [0.2, 0.25) is 0 Å². The van der Waals surface area contributed by atoms with Crippen LogP contribution in [0.1, 0.15) is 20.7 Å². The zero-order valence-electron chi connectivity index (χ0n) is 13.9. The summed E-state index contributed by atoms with van der Waals surface area (Å²) in [4.78, 5) is 27.6. The Hall–Kier alpha value is -3.39. The molecule has 0 atom stereocenters. The van der Waals surface area contributed by atoms with Crippen LogP contribution in [-0.4, -0.2) is 26.6 Å². The molecule has 2 aromatic heterocycles. The van der Waals surface area contributed by atoms with E-state index in [1.165, 1.54) is 0 Å². The van der Waals surface area contributed by atoms with Gasteiger partial charge in [0.15, 0.2) is 0 Å². The lowest BCUT2D eigenvalue weighted by molar-refractivity contribution is 0.0847. The van der Waals surface area contributed by atoms with Crippen LogP contribution in [0.5, 0.6) is 0 Å². The van der Waals surface area contributed by atoms with Gasteiger partial charge >= 0.3 is 0 Å². The molecule has 2 amide bonds. The van der Waals surface area contributed by atoms with Gasteiger partial charge in [0.05, 0.1) is 21.9 Å². The predicted molar refractivity (Wildman–Crippen MR) is 104 cm³/mol. The van der Waals surface area contributed by atoms with Gasteiger partial charge in [-0.05, 0) is 46.3 Å². The van der Waals surface area contributed by atoms with Crippen molar-refractivity contribution >= 4 is 38.6 Å². The van der Waals surface area contributed by atoms with E-state index in [1.54, 1.807) is 41.3 Å². The number of amides is 2. The second-order valence-corrected chi connectivity index (χ2v) is 6.72. The van der Waals surface area contributed by atoms with Crippen molar-refractivity contribution in [1.29, 1.82) is 0 Å². The Kier molecular flexibility index (Phi) is 4.47. The van der Waals surface area contributed by atoms with Crippen molar-refractivity contribution in [2.75, 3.05) is 0 Å². The Balaban J connectivity index is 1.42. The summed E-state index contributed by atoms with van der Waals surface area (Å²) >= 11 is 3.34. The number of para-hydroxylation sites is 1. The molecule has 3 N–H and O–H groups in total. The summed E-state index contributed by atoms with van der Waals surface area (Å²) in [6.07, 6.45) is 5.11. The fourth-order valence-corrected chi connectivity index (χ4v) is 3.01. The number of rotatable bonds is 3. The number of aromatic nitrogens is 3. The summed E-state index contributed by atoms with van der Waals surface area (Å²) < 4.78 is 2.55. The molecule has 8 heteroatoms. The lowest BCUT2D eigenvalue weighted by Gasteiger charge is -2.08. The van der Waals surface area contributed by atoms with Crippen LogP contribution in [0.2, 0.25) is 0 Å². The van der Waals surface area contributed by atoms with Crippen molar-refractivity contribution in [1.82, 2.24) is 25.6 Å². The summed E-state index contributed by atoms with van der Waals surface area (Å²) in [6, 6.07) is 14.3. The maximum absolute atomic E-state index is 12.3. The van der Waals surface area contributed by atoms with E-state index in [9.17, 15) is 9.59 Å². The number of hydrazine groups is 1. The van der Waals surface area contributed by atoms with Crippen molar-refractivity contribution < 1.29 is 9.59 Å². The highest BCUT2D eigenvalue weighted by molar-refractivity contribution is 9.10. The Morgan fingerprint density at radius 3 is 2.48 bits per heavy atom. The maximum atomic E-state index is 12.3. The molecule has 0 bridgehead atoms. The zero-order chi connectivity index (χ0) is 18.8. The molecule has 0 radical (unpaired) electrons. The number of benzene rings is 2. The van der Waals surface area contributed by atoms with Crippen molar-refractivity contribution in [2.24, 2.45) is 0 Å². The van der Waals surface area contributed by atoms with Gasteiger partial charge < -0.3 is 4.98 Å². The highest BCUT2D eigenvalue weighted by Gasteiger charge is 2.13. The van der Waals surface area contributed by atoms with E-state index in [4.69, 9.17) is 0 Å². The minimum absolute atomic E-state index is 0.390. The summed E-state index contributed by atoms with van der Waals surface area (Å²) in [7, 11) is 0. The Bertz CT molecular complexity index is 1130. The van der Waals surface area contributed by atoms with Crippen molar-refractivity contribution in [3.8, 4) is 5.69 Å². The van der Waals surface area contributed by atoms with E-state index < -0.39 is 5.91 Å². The minimum atomic E-state index is -0.406. The second-order valence-electron chi connectivity index (χ2n) is 5.81. The Labute approximate surface area is 162 Å². The number of nitrogens with one attached hydrogen (secondary N) is 3. The molecule has 0 unspecified atom stereocenters. The molecule has 0 spiro atoms. The van der Waals surface area contributed by atoms with Crippen LogP contribution in [0.25, 0.3) is 16.6 Å². The van der Waals surface area contributed by atoms with Gasteiger partial charge in [0, 0.05) is 28.9 Å².